The van der Waals surface area contributed by atoms with Gasteiger partial charge in [0, 0.05) is 35.8 Å². The molecule has 3 heterocycles. The highest BCUT2D eigenvalue weighted by molar-refractivity contribution is 6.56. The number of aromatic nitrogens is 2. The Morgan fingerprint density at radius 3 is 2.33 bits per heavy atom. The molecular formula is C31H31BClN3O4. The maximum atomic E-state index is 13.0. The molecule has 1 saturated heterocycles. The van der Waals surface area contributed by atoms with Crippen molar-refractivity contribution in [3.63, 3.8) is 0 Å². The van der Waals surface area contributed by atoms with Gasteiger partial charge in [0.15, 0.2) is 0 Å². The molecular weight excluding hydrogens is 525 g/mol. The van der Waals surface area contributed by atoms with E-state index in [1.54, 1.807) is 12.3 Å². The van der Waals surface area contributed by atoms with Gasteiger partial charge in [0.2, 0.25) is 0 Å². The molecule has 0 saturated carbocycles. The van der Waals surface area contributed by atoms with Crippen LogP contribution in [0.2, 0.25) is 5.02 Å². The molecule has 204 valence electrons. The Labute approximate surface area is 239 Å². The predicted molar refractivity (Wildman–Crippen MR) is 158 cm³/mol. The number of alkyl carbamates (subject to hydrolysis) is 1. The van der Waals surface area contributed by atoms with Crippen molar-refractivity contribution in [2.24, 2.45) is 0 Å². The minimum Gasteiger partial charge on any atom is -0.449 e. The van der Waals surface area contributed by atoms with Crippen molar-refractivity contribution >= 4 is 41.9 Å². The van der Waals surface area contributed by atoms with Crippen LogP contribution < -0.4 is 5.32 Å². The number of nitrogens with one attached hydrogen (secondary N) is 2. The first-order valence-electron chi connectivity index (χ1n) is 13.4. The number of halogens is 1. The summed E-state index contributed by atoms with van der Waals surface area (Å²) in [6.07, 6.45) is 4.91. The van der Waals surface area contributed by atoms with Gasteiger partial charge < -0.3 is 24.3 Å². The minimum absolute atomic E-state index is 0.0166. The van der Waals surface area contributed by atoms with Crippen LogP contribution in [-0.2, 0) is 14.0 Å². The molecule has 2 aromatic carbocycles. The van der Waals surface area contributed by atoms with Crippen LogP contribution in [0.15, 0.2) is 72.5 Å². The zero-order valence-corrected chi connectivity index (χ0v) is 23.7. The van der Waals surface area contributed by atoms with Gasteiger partial charge in [0.25, 0.3) is 0 Å². The van der Waals surface area contributed by atoms with E-state index in [1.807, 2.05) is 64.2 Å². The van der Waals surface area contributed by atoms with E-state index in [4.69, 9.17) is 25.6 Å². The SMILES string of the molecule is CC1(C)OB(C(=Cc2c[nH]c3nccc(Cl)c23)CNC(=O)OCC2c3ccccc3-c3ccccc32)OC1(C)C. The van der Waals surface area contributed by atoms with Crippen LogP contribution in [0.3, 0.4) is 0 Å². The lowest BCUT2D eigenvalue weighted by Gasteiger charge is -2.32. The van der Waals surface area contributed by atoms with E-state index < -0.39 is 24.4 Å². The minimum atomic E-state index is -0.667. The van der Waals surface area contributed by atoms with Crippen LogP contribution in [0.1, 0.15) is 50.3 Å². The molecule has 2 aliphatic rings. The maximum absolute atomic E-state index is 13.0. The van der Waals surface area contributed by atoms with E-state index in [0.717, 1.165) is 16.4 Å². The van der Waals surface area contributed by atoms with Crippen molar-refractivity contribution in [2.75, 3.05) is 13.2 Å². The Hall–Kier alpha value is -3.59. The highest BCUT2D eigenvalue weighted by Crippen LogP contribution is 2.44. The van der Waals surface area contributed by atoms with Crippen LogP contribution in [-0.4, -0.2) is 47.5 Å². The first-order chi connectivity index (χ1) is 19.1. The number of carbonyl (C=O) groups is 1. The lowest BCUT2D eigenvalue weighted by molar-refractivity contribution is 0.00578. The Kier molecular flexibility index (Phi) is 6.73. The number of aromatic amines is 1. The molecule has 0 bridgehead atoms. The summed E-state index contributed by atoms with van der Waals surface area (Å²) in [5.74, 6) is -0.0166. The number of amides is 1. The van der Waals surface area contributed by atoms with Crippen LogP contribution >= 0.6 is 11.6 Å². The Balaban J connectivity index is 1.21. The summed E-state index contributed by atoms with van der Waals surface area (Å²) in [4.78, 5) is 20.5. The number of ether oxygens (including phenoxy) is 1. The van der Waals surface area contributed by atoms with Crippen molar-refractivity contribution in [1.82, 2.24) is 15.3 Å². The van der Waals surface area contributed by atoms with Crippen molar-refractivity contribution in [1.29, 1.82) is 0 Å². The van der Waals surface area contributed by atoms with E-state index in [0.29, 0.717) is 10.7 Å². The molecule has 6 rings (SSSR count). The average Bonchev–Trinajstić information content (AvgIpc) is 3.55. The molecule has 40 heavy (non-hydrogen) atoms. The lowest BCUT2D eigenvalue weighted by Crippen LogP contribution is -2.41. The number of H-pyrrole nitrogens is 1. The van der Waals surface area contributed by atoms with Gasteiger partial charge in [-0.05, 0) is 61.5 Å². The topological polar surface area (TPSA) is 85.5 Å². The smallest absolute Gasteiger partial charge is 0.449 e. The summed E-state index contributed by atoms with van der Waals surface area (Å²) in [5.41, 5.74) is 5.85. The summed E-state index contributed by atoms with van der Waals surface area (Å²) in [5, 5.41) is 4.28. The van der Waals surface area contributed by atoms with Crippen LogP contribution in [0.5, 0.6) is 0 Å². The van der Waals surface area contributed by atoms with Gasteiger partial charge in [-0.15, -0.1) is 0 Å². The summed E-state index contributed by atoms with van der Waals surface area (Å²) in [7, 11) is -0.667. The second kappa shape index (κ2) is 10.1. The fraction of sp³-hybridized carbons (Fsp3) is 0.290. The summed E-state index contributed by atoms with van der Waals surface area (Å²) < 4.78 is 18.4. The number of hydrogen-bond acceptors (Lipinski definition) is 5. The molecule has 1 fully saturated rings. The predicted octanol–water partition coefficient (Wildman–Crippen LogP) is 6.77. The molecule has 4 aromatic rings. The molecule has 2 N–H and O–H groups in total. The molecule has 0 atom stereocenters. The molecule has 1 aliphatic heterocycles. The summed E-state index contributed by atoms with van der Waals surface area (Å²) in [6.45, 7) is 8.38. The largest absolute Gasteiger partial charge is 0.492 e. The van der Waals surface area contributed by atoms with Gasteiger partial charge >= 0.3 is 13.2 Å². The molecule has 2 aromatic heterocycles. The highest BCUT2D eigenvalue weighted by atomic mass is 35.5. The Morgan fingerprint density at radius 1 is 1.05 bits per heavy atom. The third kappa shape index (κ3) is 4.70. The van der Waals surface area contributed by atoms with Crippen molar-refractivity contribution in [3.8, 4) is 11.1 Å². The van der Waals surface area contributed by atoms with Crippen LogP contribution in [0.25, 0.3) is 28.2 Å². The van der Waals surface area contributed by atoms with Crippen molar-refractivity contribution in [3.05, 3.63) is 94.2 Å². The second-order valence-electron chi connectivity index (χ2n) is 11.2. The third-order valence-electron chi connectivity index (χ3n) is 8.23. The Morgan fingerprint density at radius 2 is 1.68 bits per heavy atom. The number of rotatable bonds is 6. The van der Waals surface area contributed by atoms with E-state index in [1.165, 1.54) is 22.3 Å². The van der Waals surface area contributed by atoms with Crippen molar-refractivity contribution in [2.45, 2.75) is 44.8 Å². The van der Waals surface area contributed by atoms with Gasteiger partial charge in [-0.2, -0.15) is 0 Å². The van der Waals surface area contributed by atoms with E-state index >= 15 is 0 Å². The van der Waals surface area contributed by atoms with Gasteiger partial charge in [-0.25, -0.2) is 9.78 Å². The van der Waals surface area contributed by atoms with Gasteiger partial charge in [0.1, 0.15) is 12.3 Å². The van der Waals surface area contributed by atoms with Gasteiger partial charge in [0.05, 0.1) is 16.2 Å². The van der Waals surface area contributed by atoms with Gasteiger partial charge in [-0.1, -0.05) is 66.2 Å². The van der Waals surface area contributed by atoms with Crippen LogP contribution in [0.4, 0.5) is 4.79 Å². The van der Waals surface area contributed by atoms with Crippen LogP contribution in [0, 0.1) is 0 Å². The first-order valence-corrected chi connectivity index (χ1v) is 13.8. The quantitative estimate of drug-likeness (QED) is 0.257. The zero-order valence-electron chi connectivity index (χ0n) is 23.0. The fourth-order valence-electron chi connectivity index (χ4n) is 5.37. The molecule has 0 radical (unpaired) electrons. The van der Waals surface area contributed by atoms with Gasteiger partial charge in [-0.3, -0.25) is 0 Å². The summed E-state index contributed by atoms with van der Waals surface area (Å²) >= 11 is 6.50. The van der Waals surface area contributed by atoms with E-state index in [9.17, 15) is 4.79 Å². The maximum Gasteiger partial charge on any atom is 0.492 e. The molecule has 1 amide bonds. The monoisotopic (exact) mass is 555 g/mol. The second-order valence-corrected chi connectivity index (χ2v) is 11.7. The molecule has 9 heteroatoms. The number of benzene rings is 2. The van der Waals surface area contributed by atoms with E-state index in [-0.39, 0.29) is 19.1 Å². The standard InChI is InChI=1S/C31H31BClN3O4/c1-30(2)31(3,4)40-32(39-30)20(15-19-16-35-28-27(19)26(33)13-14-34-28)17-36-29(37)38-18-25-23-11-7-5-9-21(23)22-10-6-8-12-24(22)25/h5-16,25H,17-18H2,1-4H3,(H,34,35)(H,36,37). The lowest BCUT2D eigenvalue weighted by atomic mass is 9.77. The fourth-order valence-corrected chi connectivity index (χ4v) is 5.63. The molecule has 0 unspecified atom stereocenters. The number of hydrogen-bond donors (Lipinski definition) is 2. The number of pyridine rings is 1. The summed E-state index contributed by atoms with van der Waals surface area (Å²) in [6, 6.07) is 18.3. The average molecular weight is 556 g/mol. The number of carbonyl (C=O) groups excluding carboxylic acids is 1. The third-order valence-corrected chi connectivity index (χ3v) is 8.55. The molecule has 1 aliphatic carbocycles. The number of fused-ring (bicyclic) bond motifs is 4. The highest BCUT2D eigenvalue weighted by Gasteiger charge is 2.52. The zero-order chi connectivity index (χ0) is 28.1. The molecule has 0 spiro atoms. The molecule has 7 nitrogen and oxygen atoms in total. The normalized spacial score (nSPS) is 17.6. The van der Waals surface area contributed by atoms with E-state index in [2.05, 4.69) is 39.6 Å². The Bertz CT molecular complexity index is 1570. The first kappa shape index (κ1) is 26.6. The number of nitrogens with zero attached hydrogens (tertiary/aromatic N) is 1. The van der Waals surface area contributed by atoms with Crippen molar-refractivity contribution < 1.29 is 18.8 Å².